The van der Waals surface area contributed by atoms with Crippen LogP contribution < -0.4 is 10.4 Å². The molecule has 0 atom stereocenters. The van der Waals surface area contributed by atoms with Gasteiger partial charge in [0, 0.05) is 63.9 Å². The Labute approximate surface area is 130 Å². The summed E-state index contributed by atoms with van der Waals surface area (Å²) in [5.74, 6) is -0.431. The minimum atomic E-state index is -0.431. The van der Waals surface area contributed by atoms with Crippen LogP contribution in [0, 0.1) is 18.8 Å². The van der Waals surface area contributed by atoms with Crippen LogP contribution in [-0.2, 0) is 32.7 Å². The van der Waals surface area contributed by atoms with E-state index in [9.17, 15) is 9.18 Å². The molecule has 0 bridgehead atoms. The third-order valence-corrected chi connectivity index (χ3v) is 2.89. The first-order valence-electron chi connectivity index (χ1n) is 5.49. The van der Waals surface area contributed by atoms with Crippen molar-refractivity contribution >= 4 is 10.9 Å². The van der Waals surface area contributed by atoms with E-state index in [1.807, 2.05) is 19.0 Å². The van der Waals surface area contributed by atoms with Gasteiger partial charge in [0.15, 0.2) is 0 Å². The number of benzene rings is 1. The van der Waals surface area contributed by atoms with Gasteiger partial charge in [-0.2, -0.15) is 12.1 Å². The number of hydrogen-bond acceptors (Lipinski definition) is 2. The van der Waals surface area contributed by atoms with Crippen molar-refractivity contribution in [3.8, 4) is 0 Å². The zero-order chi connectivity index (χ0) is 12.6. The maximum absolute atomic E-state index is 13.8. The molecule has 18 heavy (non-hydrogen) atoms. The monoisotopic (exact) mass is 322 g/mol. The van der Waals surface area contributed by atoms with Gasteiger partial charge in [-0.15, -0.1) is 6.07 Å². The van der Waals surface area contributed by atoms with Crippen LogP contribution in [0.1, 0.15) is 12.5 Å². The summed E-state index contributed by atoms with van der Waals surface area (Å²) >= 11 is 0. The summed E-state index contributed by atoms with van der Waals surface area (Å²) < 4.78 is 15.5. The standard InChI is InChI=1S/C13H14FN2O.Y/c1-4-15(3)16-8-9(2)13(17)10-6-5-7-11(14)12(10)16;/h6-8H,4H2,1-3H3;/q-1;. The van der Waals surface area contributed by atoms with Crippen molar-refractivity contribution in [2.45, 2.75) is 13.8 Å². The molecule has 5 heteroatoms. The van der Waals surface area contributed by atoms with E-state index in [0.29, 0.717) is 16.5 Å². The van der Waals surface area contributed by atoms with Crippen molar-refractivity contribution in [1.82, 2.24) is 4.68 Å². The van der Waals surface area contributed by atoms with Crippen LogP contribution in [0.4, 0.5) is 4.39 Å². The van der Waals surface area contributed by atoms with E-state index in [1.165, 1.54) is 12.1 Å². The van der Waals surface area contributed by atoms with Crippen LogP contribution in [0.5, 0.6) is 0 Å². The summed E-state index contributed by atoms with van der Waals surface area (Å²) in [7, 11) is 1.85. The minimum absolute atomic E-state index is 0. The molecule has 0 aliphatic heterocycles. The van der Waals surface area contributed by atoms with E-state index in [2.05, 4.69) is 6.07 Å². The Hall–Kier alpha value is -0.736. The van der Waals surface area contributed by atoms with Gasteiger partial charge >= 0.3 is 0 Å². The third kappa shape index (κ3) is 2.50. The molecule has 1 aromatic carbocycles. The second kappa shape index (κ2) is 5.94. The third-order valence-electron chi connectivity index (χ3n) is 2.89. The molecule has 0 aliphatic rings. The zero-order valence-electron chi connectivity index (χ0n) is 10.7. The molecule has 0 aliphatic carbocycles. The van der Waals surface area contributed by atoms with Gasteiger partial charge in [-0.1, -0.05) is 5.39 Å². The van der Waals surface area contributed by atoms with Gasteiger partial charge in [-0.05, 0) is 19.4 Å². The van der Waals surface area contributed by atoms with Crippen molar-refractivity contribution in [2.24, 2.45) is 0 Å². The molecular weight excluding hydrogens is 308 g/mol. The first-order valence-corrected chi connectivity index (χ1v) is 5.49. The van der Waals surface area contributed by atoms with Crippen LogP contribution in [0.2, 0.25) is 0 Å². The molecule has 0 unspecified atom stereocenters. The predicted molar refractivity (Wildman–Crippen MR) is 66.4 cm³/mol. The molecule has 0 amide bonds. The number of nitrogens with zero attached hydrogens (tertiary/aromatic N) is 2. The molecule has 0 N–H and O–H groups in total. The smallest absolute Gasteiger partial charge is 0.138 e. The molecule has 1 radical (unpaired) electrons. The predicted octanol–water partition coefficient (Wildman–Crippen LogP) is 1.83. The molecule has 2 rings (SSSR count). The topological polar surface area (TPSA) is 25.2 Å². The van der Waals surface area contributed by atoms with E-state index < -0.39 is 5.82 Å². The quantitative estimate of drug-likeness (QED) is 0.789. The summed E-state index contributed by atoms with van der Waals surface area (Å²) in [6, 6.07) is 5.43. The average molecular weight is 322 g/mol. The number of halogens is 1. The van der Waals surface area contributed by atoms with Gasteiger partial charge < -0.3 is 9.80 Å². The van der Waals surface area contributed by atoms with E-state index >= 15 is 0 Å². The molecule has 2 aromatic rings. The number of fused-ring (bicyclic) bond motifs is 1. The van der Waals surface area contributed by atoms with Gasteiger partial charge in [-0.3, -0.25) is 9.07 Å². The van der Waals surface area contributed by atoms with Crippen LogP contribution in [0.3, 0.4) is 0 Å². The van der Waals surface area contributed by atoms with Crippen LogP contribution in [-0.4, -0.2) is 18.3 Å². The summed E-state index contributed by atoms with van der Waals surface area (Å²) in [6.07, 6.45) is 1.66. The Balaban J connectivity index is 0.00000162. The van der Waals surface area contributed by atoms with Crippen LogP contribution in [0.15, 0.2) is 23.1 Å². The number of rotatable bonds is 2. The Kier molecular flexibility index (Phi) is 5.05. The molecule has 0 saturated carbocycles. The maximum Gasteiger partial charge on any atom is 0.138 e. The zero-order valence-corrected chi connectivity index (χ0v) is 13.5. The Morgan fingerprint density at radius 3 is 2.72 bits per heavy atom. The van der Waals surface area contributed by atoms with E-state index in [4.69, 9.17) is 0 Å². The molecule has 0 saturated heterocycles. The summed E-state index contributed by atoms with van der Waals surface area (Å²) in [5.41, 5.74) is 0.761. The van der Waals surface area contributed by atoms with E-state index in [1.54, 1.807) is 17.8 Å². The first-order chi connectivity index (χ1) is 8.06. The van der Waals surface area contributed by atoms with Gasteiger partial charge in [-0.25, -0.2) is 0 Å². The second-order valence-electron chi connectivity index (χ2n) is 4.03. The van der Waals surface area contributed by atoms with Gasteiger partial charge in [0.05, 0.1) is 0 Å². The first kappa shape index (κ1) is 15.3. The molecule has 93 valence electrons. The number of pyridine rings is 1. The molecule has 0 spiro atoms. The fraction of sp³-hybridized carbons (Fsp3) is 0.308. The Bertz CT molecular complexity index is 624. The maximum atomic E-state index is 13.8. The summed E-state index contributed by atoms with van der Waals surface area (Å²) in [5, 5.41) is 2.21. The molecule has 0 fully saturated rings. The minimum Gasteiger partial charge on any atom is -0.318 e. The van der Waals surface area contributed by atoms with Crippen molar-refractivity contribution in [3.63, 3.8) is 0 Å². The van der Waals surface area contributed by atoms with Gasteiger partial charge in [0.2, 0.25) is 0 Å². The van der Waals surface area contributed by atoms with E-state index in [-0.39, 0.29) is 38.1 Å². The molecule has 1 heterocycles. The SMILES string of the molecule is CCN(C)n1cc(C)c(=O)c2c[c-]cc(F)c21.[Y]. The van der Waals surface area contributed by atoms with Crippen molar-refractivity contribution in [2.75, 3.05) is 18.6 Å². The van der Waals surface area contributed by atoms with Crippen LogP contribution in [0.25, 0.3) is 10.9 Å². The fourth-order valence-electron chi connectivity index (χ4n) is 1.81. The second-order valence-corrected chi connectivity index (χ2v) is 4.03. The molecule has 1 aromatic heterocycles. The van der Waals surface area contributed by atoms with E-state index in [0.717, 1.165) is 6.54 Å². The van der Waals surface area contributed by atoms with Crippen molar-refractivity contribution < 1.29 is 37.1 Å². The van der Waals surface area contributed by atoms with Gasteiger partial charge in [0.25, 0.3) is 0 Å². The van der Waals surface area contributed by atoms with Crippen molar-refractivity contribution in [1.29, 1.82) is 0 Å². The summed E-state index contributed by atoms with van der Waals surface area (Å²) in [4.78, 5) is 11.9. The number of aryl methyl sites for hydroxylation is 1. The fourth-order valence-corrected chi connectivity index (χ4v) is 1.81. The number of aromatic nitrogens is 1. The largest absolute Gasteiger partial charge is 0.318 e. The van der Waals surface area contributed by atoms with Crippen molar-refractivity contribution in [3.05, 3.63) is 46.0 Å². The normalized spacial score (nSPS) is 10.2. The molecule has 3 nitrogen and oxygen atoms in total. The molecular formula is C13H14FN2OY-. The van der Waals surface area contributed by atoms with Gasteiger partial charge in [0.1, 0.15) is 5.43 Å². The summed E-state index contributed by atoms with van der Waals surface area (Å²) in [6.45, 7) is 4.41. The Morgan fingerprint density at radius 1 is 1.44 bits per heavy atom. The average Bonchev–Trinajstić information content (AvgIpc) is 2.33. The Morgan fingerprint density at radius 2 is 2.11 bits per heavy atom. The van der Waals surface area contributed by atoms with Crippen LogP contribution >= 0.6 is 0 Å². The number of hydrogen-bond donors (Lipinski definition) is 0.